The van der Waals surface area contributed by atoms with E-state index < -0.39 is 0 Å². The number of para-hydroxylation sites is 2. The number of ether oxygens (including phenoxy) is 2. The van der Waals surface area contributed by atoms with Gasteiger partial charge in [-0.05, 0) is 43.4 Å². The van der Waals surface area contributed by atoms with Gasteiger partial charge in [-0.1, -0.05) is 42.5 Å². The molecule has 2 heterocycles. The molecule has 0 aliphatic carbocycles. The Balaban J connectivity index is 1.28. The zero-order valence-corrected chi connectivity index (χ0v) is 15.4. The van der Waals surface area contributed by atoms with E-state index in [9.17, 15) is 4.79 Å². The van der Waals surface area contributed by atoms with Gasteiger partial charge >= 0.3 is 0 Å². The van der Waals surface area contributed by atoms with Crippen molar-refractivity contribution in [3.05, 3.63) is 60.2 Å². The first-order valence-electron chi connectivity index (χ1n) is 9.70. The van der Waals surface area contributed by atoms with Crippen LogP contribution in [0.15, 0.2) is 54.6 Å². The highest BCUT2D eigenvalue weighted by atomic mass is 16.5. The zero-order chi connectivity index (χ0) is 18.5. The van der Waals surface area contributed by atoms with Crippen LogP contribution in [0.4, 0.5) is 0 Å². The summed E-state index contributed by atoms with van der Waals surface area (Å²) in [6.45, 7) is 0.468. The van der Waals surface area contributed by atoms with Gasteiger partial charge in [0.05, 0.1) is 0 Å². The lowest BCUT2D eigenvalue weighted by atomic mass is 10.00. The van der Waals surface area contributed by atoms with Gasteiger partial charge in [-0.15, -0.1) is 0 Å². The molecular formula is C22H26N2O3. The third-order valence-corrected chi connectivity index (χ3v) is 5.28. The number of benzene rings is 2. The fourth-order valence-electron chi connectivity index (χ4n) is 4.01. The second kappa shape index (κ2) is 8.44. The fraction of sp³-hybridized carbons (Fsp3) is 0.409. The molecule has 142 valence electrons. The van der Waals surface area contributed by atoms with Crippen molar-refractivity contribution >= 4 is 5.91 Å². The molecule has 2 N–H and O–H groups in total. The van der Waals surface area contributed by atoms with E-state index in [1.165, 1.54) is 12.8 Å². The second-order valence-electron chi connectivity index (χ2n) is 7.38. The molecule has 2 aliphatic rings. The van der Waals surface area contributed by atoms with Crippen molar-refractivity contribution in [2.24, 2.45) is 0 Å². The largest absolute Gasteiger partial charge is 0.485 e. The predicted molar refractivity (Wildman–Crippen MR) is 104 cm³/mol. The van der Waals surface area contributed by atoms with E-state index >= 15 is 0 Å². The zero-order valence-electron chi connectivity index (χ0n) is 15.4. The lowest BCUT2D eigenvalue weighted by Gasteiger charge is -2.29. The molecule has 2 atom stereocenters. The molecule has 0 radical (unpaired) electrons. The van der Waals surface area contributed by atoms with E-state index in [2.05, 4.69) is 10.6 Å². The van der Waals surface area contributed by atoms with Gasteiger partial charge in [0, 0.05) is 18.1 Å². The Morgan fingerprint density at radius 1 is 0.926 bits per heavy atom. The van der Waals surface area contributed by atoms with E-state index in [4.69, 9.17) is 9.47 Å². The molecule has 27 heavy (non-hydrogen) atoms. The van der Waals surface area contributed by atoms with E-state index in [-0.39, 0.29) is 18.6 Å². The first-order chi connectivity index (χ1) is 13.3. The summed E-state index contributed by atoms with van der Waals surface area (Å²) in [6, 6.07) is 18.8. The van der Waals surface area contributed by atoms with Crippen LogP contribution in [-0.2, 0) is 11.4 Å². The number of carbonyl (C=O) groups is 1. The number of fused-ring (bicyclic) bond motifs is 2. The first-order valence-corrected chi connectivity index (χ1v) is 9.70. The van der Waals surface area contributed by atoms with Gasteiger partial charge in [0.15, 0.2) is 18.1 Å². The van der Waals surface area contributed by atoms with Gasteiger partial charge in [-0.3, -0.25) is 4.79 Å². The van der Waals surface area contributed by atoms with E-state index in [0.29, 0.717) is 30.2 Å². The highest BCUT2D eigenvalue weighted by Crippen LogP contribution is 2.28. The second-order valence-corrected chi connectivity index (χ2v) is 7.38. The normalized spacial score (nSPS) is 23.6. The van der Waals surface area contributed by atoms with Crippen molar-refractivity contribution in [1.29, 1.82) is 0 Å². The molecule has 0 spiro atoms. The number of amides is 1. The number of rotatable bonds is 7. The SMILES string of the molecule is O=C(COc1ccccc1OCc1ccccc1)NC1CC2CCC(C1)N2. The maximum atomic E-state index is 12.3. The van der Waals surface area contributed by atoms with Crippen LogP contribution < -0.4 is 20.1 Å². The lowest BCUT2D eigenvalue weighted by Crippen LogP contribution is -2.48. The summed E-state index contributed by atoms with van der Waals surface area (Å²) in [6.07, 6.45) is 4.47. The van der Waals surface area contributed by atoms with E-state index in [1.54, 1.807) is 0 Å². The van der Waals surface area contributed by atoms with Crippen molar-refractivity contribution in [1.82, 2.24) is 10.6 Å². The quantitative estimate of drug-likeness (QED) is 0.791. The minimum Gasteiger partial charge on any atom is -0.485 e. The average molecular weight is 366 g/mol. The summed E-state index contributed by atoms with van der Waals surface area (Å²) in [7, 11) is 0. The molecule has 5 nitrogen and oxygen atoms in total. The maximum Gasteiger partial charge on any atom is 0.258 e. The highest BCUT2D eigenvalue weighted by molar-refractivity contribution is 5.78. The Morgan fingerprint density at radius 3 is 2.26 bits per heavy atom. The van der Waals surface area contributed by atoms with Crippen LogP contribution in [0, 0.1) is 0 Å². The van der Waals surface area contributed by atoms with Crippen LogP contribution in [0.3, 0.4) is 0 Å². The first kappa shape index (κ1) is 17.9. The maximum absolute atomic E-state index is 12.3. The van der Waals surface area contributed by atoms with Crippen molar-refractivity contribution in [2.45, 2.75) is 50.4 Å². The van der Waals surface area contributed by atoms with Crippen LogP contribution >= 0.6 is 0 Å². The molecule has 5 heteroatoms. The van der Waals surface area contributed by atoms with Crippen LogP contribution in [0.5, 0.6) is 11.5 Å². The summed E-state index contributed by atoms with van der Waals surface area (Å²) in [5, 5.41) is 6.71. The molecule has 2 saturated heterocycles. The number of piperidine rings is 1. The molecule has 0 aromatic heterocycles. The van der Waals surface area contributed by atoms with Gasteiger partial charge in [-0.25, -0.2) is 0 Å². The molecule has 0 saturated carbocycles. The summed E-state index contributed by atoms with van der Waals surface area (Å²) >= 11 is 0. The molecule has 2 fully saturated rings. The van der Waals surface area contributed by atoms with Crippen LogP contribution in [-0.4, -0.2) is 30.6 Å². The Morgan fingerprint density at radius 2 is 1.56 bits per heavy atom. The number of carbonyl (C=O) groups excluding carboxylic acids is 1. The van der Waals surface area contributed by atoms with Gasteiger partial charge in [0.25, 0.3) is 5.91 Å². The summed E-state index contributed by atoms with van der Waals surface area (Å²) in [5.74, 6) is 1.17. The molecular weight excluding hydrogens is 340 g/mol. The van der Waals surface area contributed by atoms with Crippen molar-refractivity contribution in [2.75, 3.05) is 6.61 Å². The van der Waals surface area contributed by atoms with Crippen LogP contribution in [0.1, 0.15) is 31.2 Å². The predicted octanol–water partition coefficient (Wildman–Crippen LogP) is 3.04. The Bertz CT molecular complexity index is 753. The molecule has 4 rings (SSSR count). The molecule has 1 amide bonds. The third-order valence-electron chi connectivity index (χ3n) is 5.28. The number of nitrogens with one attached hydrogen (secondary N) is 2. The van der Waals surface area contributed by atoms with E-state index in [1.807, 2.05) is 54.6 Å². The van der Waals surface area contributed by atoms with Crippen molar-refractivity contribution < 1.29 is 14.3 Å². The summed E-state index contributed by atoms with van der Waals surface area (Å²) in [5.41, 5.74) is 1.09. The Labute approximate surface area is 160 Å². The lowest BCUT2D eigenvalue weighted by molar-refractivity contribution is -0.124. The topological polar surface area (TPSA) is 59.6 Å². The van der Waals surface area contributed by atoms with E-state index in [0.717, 1.165) is 18.4 Å². The minimum atomic E-state index is -0.0702. The smallest absolute Gasteiger partial charge is 0.258 e. The van der Waals surface area contributed by atoms with Gasteiger partial charge in [-0.2, -0.15) is 0 Å². The summed E-state index contributed by atoms with van der Waals surface area (Å²) in [4.78, 5) is 12.3. The molecule has 2 bridgehead atoms. The highest BCUT2D eigenvalue weighted by Gasteiger charge is 2.33. The van der Waals surface area contributed by atoms with Crippen molar-refractivity contribution in [3.63, 3.8) is 0 Å². The molecule has 2 unspecified atom stereocenters. The van der Waals surface area contributed by atoms with Gasteiger partial charge < -0.3 is 20.1 Å². The third kappa shape index (κ3) is 4.80. The Hall–Kier alpha value is -2.53. The van der Waals surface area contributed by atoms with Crippen LogP contribution in [0.2, 0.25) is 0 Å². The monoisotopic (exact) mass is 366 g/mol. The average Bonchev–Trinajstić information content (AvgIpc) is 3.04. The number of hydrogen-bond acceptors (Lipinski definition) is 4. The molecule has 2 aromatic carbocycles. The minimum absolute atomic E-state index is 0.00493. The standard InChI is InChI=1S/C22H26N2O3/c25-22(24-19-12-17-10-11-18(13-19)23-17)15-27-21-9-5-4-8-20(21)26-14-16-6-2-1-3-7-16/h1-9,17-19,23H,10-15H2,(H,24,25). The Kier molecular flexibility index (Phi) is 5.58. The fourth-order valence-corrected chi connectivity index (χ4v) is 4.01. The van der Waals surface area contributed by atoms with Gasteiger partial charge in [0.1, 0.15) is 6.61 Å². The summed E-state index contributed by atoms with van der Waals surface area (Å²) < 4.78 is 11.6. The number of hydrogen-bond donors (Lipinski definition) is 2. The van der Waals surface area contributed by atoms with Gasteiger partial charge in [0.2, 0.25) is 0 Å². The van der Waals surface area contributed by atoms with Crippen LogP contribution in [0.25, 0.3) is 0 Å². The molecule has 2 aromatic rings. The molecule has 2 aliphatic heterocycles. The van der Waals surface area contributed by atoms with Crippen molar-refractivity contribution in [3.8, 4) is 11.5 Å².